The quantitative estimate of drug-likeness (QED) is 0.899. The number of anilines is 1. The van der Waals surface area contributed by atoms with E-state index in [9.17, 15) is 4.79 Å². The molecule has 19 heavy (non-hydrogen) atoms. The van der Waals surface area contributed by atoms with Gasteiger partial charge in [0.15, 0.2) is 0 Å². The van der Waals surface area contributed by atoms with Gasteiger partial charge in [0.25, 0.3) is 0 Å². The number of primary amides is 1. The zero-order chi connectivity index (χ0) is 14.0. The molecule has 1 heterocycles. The van der Waals surface area contributed by atoms with Crippen LogP contribution >= 0.6 is 11.6 Å². The summed E-state index contributed by atoms with van der Waals surface area (Å²) >= 11 is 6.12. The molecule has 3 N–H and O–H groups in total. The number of benzene rings is 1. The van der Waals surface area contributed by atoms with E-state index in [0.717, 1.165) is 16.9 Å². The van der Waals surface area contributed by atoms with E-state index in [1.165, 1.54) is 0 Å². The Balaban J connectivity index is 2.12. The van der Waals surface area contributed by atoms with Gasteiger partial charge in [-0.25, -0.2) is 0 Å². The molecule has 0 saturated heterocycles. The Labute approximate surface area is 116 Å². The Morgan fingerprint density at radius 3 is 2.79 bits per heavy atom. The van der Waals surface area contributed by atoms with E-state index >= 15 is 0 Å². The minimum absolute atomic E-state index is 0.409. The molecular formula is C13H15ClN4O. The minimum atomic E-state index is -0.482. The molecule has 0 radical (unpaired) electrons. The summed E-state index contributed by atoms with van der Waals surface area (Å²) in [4.78, 5) is 11.0. The molecule has 0 spiro atoms. The number of carbonyl (C=O) groups excluding carboxylic acids is 1. The highest BCUT2D eigenvalue weighted by Crippen LogP contribution is 2.20. The maximum Gasteiger partial charge on any atom is 0.248 e. The molecule has 1 amide bonds. The smallest absolute Gasteiger partial charge is 0.248 e. The number of nitrogens with two attached hydrogens (primary N) is 1. The van der Waals surface area contributed by atoms with Crippen LogP contribution in [0.15, 0.2) is 24.4 Å². The second-order valence-corrected chi connectivity index (χ2v) is 4.73. The summed E-state index contributed by atoms with van der Waals surface area (Å²) in [6.45, 7) is 2.49. The lowest BCUT2D eigenvalue weighted by Gasteiger charge is -2.08. The van der Waals surface area contributed by atoms with Gasteiger partial charge in [0.05, 0.1) is 11.4 Å². The average Bonchev–Trinajstić information content (AvgIpc) is 2.66. The van der Waals surface area contributed by atoms with Crippen molar-refractivity contribution in [1.82, 2.24) is 9.78 Å². The van der Waals surface area contributed by atoms with Crippen molar-refractivity contribution in [2.45, 2.75) is 13.5 Å². The van der Waals surface area contributed by atoms with E-state index in [0.29, 0.717) is 17.1 Å². The summed E-state index contributed by atoms with van der Waals surface area (Å²) in [5.74, 6) is -0.482. The molecule has 0 unspecified atom stereocenters. The van der Waals surface area contributed by atoms with E-state index in [2.05, 4.69) is 10.4 Å². The lowest BCUT2D eigenvalue weighted by atomic mass is 10.1. The van der Waals surface area contributed by atoms with Crippen LogP contribution in [0.1, 0.15) is 21.6 Å². The third-order valence-electron chi connectivity index (χ3n) is 2.82. The van der Waals surface area contributed by atoms with Crippen LogP contribution in [0.25, 0.3) is 0 Å². The fraction of sp³-hybridized carbons (Fsp3) is 0.231. The van der Waals surface area contributed by atoms with E-state index < -0.39 is 5.91 Å². The van der Waals surface area contributed by atoms with Gasteiger partial charge in [-0.2, -0.15) is 5.10 Å². The zero-order valence-corrected chi connectivity index (χ0v) is 11.5. The maximum atomic E-state index is 11.0. The van der Waals surface area contributed by atoms with Gasteiger partial charge in [0.2, 0.25) is 5.91 Å². The first-order chi connectivity index (χ1) is 8.97. The first kappa shape index (κ1) is 13.4. The third kappa shape index (κ3) is 3.06. The minimum Gasteiger partial charge on any atom is -0.378 e. The molecule has 2 aromatic rings. The van der Waals surface area contributed by atoms with Crippen molar-refractivity contribution in [1.29, 1.82) is 0 Å². The highest BCUT2D eigenvalue weighted by Gasteiger charge is 2.07. The number of carbonyl (C=O) groups is 1. The highest BCUT2D eigenvalue weighted by molar-refractivity contribution is 6.31. The second kappa shape index (κ2) is 5.32. The predicted molar refractivity (Wildman–Crippen MR) is 75.2 cm³/mol. The molecule has 1 aromatic heterocycles. The van der Waals surface area contributed by atoms with Crippen LogP contribution in [-0.4, -0.2) is 15.7 Å². The van der Waals surface area contributed by atoms with Gasteiger partial charge in [-0.3, -0.25) is 9.48 Å². The molecular weight excluding hydrogens is 264 g/mol. The van der Waals surface area contributed by atoms with E-state index in [1.54, 1.807) is 22.9 Å². The average molecular weight is 279 g/mol. The molecule has 2 rings (SSSR count). The van der Waals surface area contributed by atoms with Gasteiger partial charge in [-0.1, -0.05) is 17.7 Å². The van der Waals surface area contributed by atoms with Crippen LogP contribution in [0, 0.1) is 6.92 Å². The number of amides is 1. The monoisotopic (exact) mass is 278 g/mol. The Morgan fingerprint density at radius 1 is 1.53 bits per heavy atom. The topological polar surface area (TPSA) is 72.9 Å². The molecule has 0 fully saturated rings. The normalized spacial score (nSPS) is 10.5. The number of aryl methyl sites for hydroxylation is 2. The van der Waals surface area contributed by atoms with Crippen LogP contribution in [-0.2, 0) is 13.6 Å². The Morgan fingerprint density at radius 2 is 2.26 bits per heavy atom. The van der Waals surface area contributed by atoms with Gasteiger partial charge in [-0.15, -0.1) is 0 Å². The SMILES string of the molecule is Cc1nn(C)cc1NCc1ccc(C(N)=O)cc1Cl. The van der Waals surface area contributed by atoms with Crippen molar-refractivity contribution in [3.63, 3.8) is 0 Å². The largest absolute Gasteiger partial charge is 0.378 e. The van der Waals surface area contributed by atoms with Crippen molar-refractivity contribution >= 4 is 23.2 Å². The Kier molecular flexibility index (Phi) is 3.76. The summed E-state index contributed by atoms with van der Waals surface area (Å²) in [6, 6.07) is 5.04. The van der Waals surface area contributed by atoms with E-state index in [4.69, 9.17) is 17.3 Å². The summed E-state index contributed by atoms with van der Waals surface area (Å²) in [5.41, 5.74) is 8.38. The zero-order valence-electron chi connectivity index (χ0n) is 10.8. The van der Waals surface area contributed by atoms with E-state index in [-0.39, 0.29) is 0 Å². The lowest BCUT2D eigenvalue weighted by Crippen LogP contribution is -2.11. The molecule has 0 aliphatic carbocycles. The van der Waals surface area contributed by atoms with Crippen molar-refractivity contribution in [2.24, 2.45) is 12.8 Å². The maximum absolute atomic E-state index is 11.0. The first-order valence-electron chi connectivity index (χ1n) is 5.79. The molecule has 0 aliphatic rings. The number of nitrogens with one attached hydrogen (secondary N) is 1. The second-order valence-electron chi connectivity index (χ2n) is 4.33. The molecule has 100 valence electrons. The molecule has 0 aliphatic heterocycles. The number of aromatic nitrogens is 2. The summed E-state index contributed by atoms with van der Waals surface area (Å²) in [7, 11) is 1.87. The third-order valence-corrected chi connectivity index (χ3v) is 3.17. The van der Waals surface area contributed by atoms with E-state index in [1.807, 2.05) is 20.2 Å². The molecule has 0 saturated carbocycles. The van der Waals surface area contributed by atoms with Crippen LogP contribution in [0.2, 0.25) is 5.02 Å². The Bertz CT molecular complexity index is 621. The highest BCUT2D eigenvalue weighted by atomic mass is 35.5. The van der Waals surface area contributed by atoms with Crippen molar-refractivity contribution in [3.8, 4) is 0 Å². The number of halogens is 1. The van der Waals surface area contributed by atoms with Gasteiger partial charge in [0, 0.05) is 30.4 Å². The van der Waals surface area contributed by atoms with Crippen molar-refractivity contribution < 1.29 is 4.79 Å². The predicted octanol–water partition coefficient (Wildman–Crippen LogP) is 2.09. The first-order valence-corrected chi connectivity index (χ1v) is 6.17. The van der Waals surface area contributed by atoms with Crippen molar-refractivity contribution in [2.75, 3.05) is 5.32 Å². The summed E-state index contributed by atoms with van der Waals surface area (Å²) in [5, 5.41) is 8.02. The van der Waals surface area contributed by atoms with Crippen LogP contribution in [0.4, 0.5) is 5.69 Å². The molecule has 0 bridgehead atoms. The fourth-order valence-corrected chi connectivity index (χ4v) is 2.05. The van der Waals surface area contributed by atoms with Crippen LogP contribution in [0.3, 0.4) is 0 Å². The van der Waals surface area contributed by atoms with Gasteiger partial charge in [0.1, 0.15) is 0 Å². The lowest BCUT2D eigenvalue weighted by molar-refractivity contribution is 0.100. The molecule has 1 aromatic carbocycles. The summed E-state index contributed by atoms with van der Waals surface area (Å²) < 4.78 is 1.75. The standard InChI is InChI=1S/C13H15ClN4O/c1-8-12(7-18(2)17-8)16-6-10-4-3-9(13(15)19)5-11(10)14/h3-5,7,16H,6H2,1-2H3,(H2,15,19). The number of rotatable bonds is 4. The number of nitrogens with zero attached hydrogens (tertiary/aromatic N) is 2. The number of hydrogen-bond acceptors (Lipinski definition) is 3. The molecule has 5 nitrogen and oxygen atoms in total. The Hall–Kier alpha value is -2.01. The fourth-order valence-electron chi connectivity index (χ4n) is 1.81. The van der Waals surface area contributed by atoms with Gasteiger partial charge < -0.3 is 11.1 Å². The summed E-state index contributed by atoms with van der Waals surface area (Å²) in [6.07, 6.45) is 1.90. The van der Waals surface area contributed by atoms with Crippen LogP contribution < -0.4 is 11.1 Å². The number of hydrogen-bond donors (Lipinski definition) is 2. The van der Waals surface area contributed by atoms with Gasteiger partial charge >= 0.3 is 0 Å². The van der Waals surface area contributed by atoms with Gasteiger partial charge in [-0.05, 0) is 24.6 Å². The molecule has 0 atom stereocenters. The van der Waals surface area contributed by atoms with Crippen LogP contribution in [0.5, 0.6) is 0 Å². The van der Waals surface area contributed by atoms with Crippen molar-refractivity contribution in [3.05, 3.63) is 46.2 Å². The molecule has 6 heteroatoms.